The maximum Gasteiger partial charge on any atom is 0.263 e. The molecule has 1 aromatic rings. The van der Waals surface area contributed by atoms with E-state index in [1.165, 1.54) is 37.0 Å². The smallest absolute Gasteiger partial charge is 0.263 e. The Morgan fingerprint density at radius 3 is 2.71 bits per heavy atom. The van der Waals surface area contributed by atoms with Gasteiger partial charge in [-0.1, -0.05) is 0 Å². The Bertz CT molecular complexity index is 547. The normalized spacial score (nSPS) is 19.1. The monoisotopic (exact) mass is 309 g/mol. The summed E-state index contributed by atoms with van der Waals surface area (Å²) in [6.45, 7) is 3.44. The molecule has 0 radical (unpaired) electrons. The van der Waals surface area contributed by atoms with E-state index in [1.54, 1.807) is 7.11 Å². The molecule has 21 heavy (non-hydrogen) atoms. The van der Waals surface area contributed by atoms with Gasteiger partial charge >= 0.3 is 0 Å². The fourth-order valence-electron chi connectivity index (χ4n) is 3.00. The number of anilines is 2. The first-order valence-electron chi connectivity index (χ1n) is 7.59. The van der Waals surface area contributed by atoms with E-state index in [2.05, 4.69) is 10.6 Å². The van der Waals surface area contributed by atoms with Gasteiger partial charge in [-0.3, -0.25) is 4.79 Å². The second-order valence-electron chi connectivity index (χ2n) is 6.06. The van der Waals surface area contributed by atoms with Crippen LogP contribution in [-0.2, 0) is 0 Å². The maximum atomic E-state index is 12.0. The first-order valence-corrected chi connectivity index (χ1v) is 8.41. The summed E-state index contributed by atoms with van der Waals surface area (Å²) in [6, 6.07) is 0. The van der Waals surface area contributed by atoms with Gasteiger partial charge in [-0.2, -0.15) is 0 Å². The molecule has 2 fully saturated rings. The number of ether oxygens (including phenoxy) is 1. The van der Waals surface area contributed by atoms with Crippen LogP contribution in [0.1, 0.15) is 42.3 Å². The average Bonchev–Trinajstić information content (AvgIpc) is 3.34. The molecule has 0 aromatic carbocycles. The van der Waals surface area contributed by atoms with E-state index >= 15 is 0 Å². The lowest BCUT2D eigenvalue weighted by Gasteiger charge is -2.15. The fourth-order valence-corrected chi connectivity index (χ4v) is 4.00. The standard InChI is InChI=1S/C15H23N3O2S/c1-3-17-13(19)12-10(16)11(20-2)14(21-12)18-8-15(6-7-15)9-4-5-9/h9,18H,3-8,16H2,1-2H3,(H,17,19). The molecule has 3 rings (SSSR count). The summed E-state index contributed by atoms with van der Waals surface area (Å²) in [5, 5.41) is 7.15. The third-order valence-electron chi connectivity index (χ3n) is 4.58. The van der Waals surface area contributed by atoms with Gasteiger partial charge in [-0.15, -0.1) is 11.3 Å². The van der Waals surface area contributed by atoms with Gasteiger partial charge in [0.1, 0.15) is 15.6 Å². The second-order valence-corrected chi connectivity index (χ2v) is 7.08. The number of nitrogens with one attached hydrogen (secondary N) is 2. The number of carbonyl (C=O) groups excluding carboxylic acids is 1. The van der Waals surface area contributed by atoms with Crippen molar-refractivity contribution in [3.05, 3.63) is 4.88 Å². The van der Waals surface area contributed by atoms with Gasteiger partial charge in [-0.25, -0.2) is 0 Å². The summed E-state index contributed by atoms with van der Waals surface area (Å²) in [6.07, 6.45) is 5.37. The summed E-state index contributed by atoms with van der Waals surface area (Å²) in [5.41, 5.74) is 6.99. The summed E-state index contributed by atoms with van der Waals surface area (Å²) >= 11 is 1.39. The molecule has 0 atom stereocenters. The van der Waals surface area contributed by atoms with Crippen LogP contribution >= 0.6 is 11.3 Å². The molecule has 5 nitrogen and oxygen atoms in total. The predicted octanol–water partition coefficient (Wildman–Crippen LogP) is 2.69. The van der Waals surface area contributed by atoms with Crippen LogP contribution < -0.4 is 21.1 Å². The van der Waals surface area contributed by atoms with Crippen LogP contribution in [0.2, 0.25) is 0 Å². The third kappa shape index (κ3) is 2.69. The molecule has 1 aromatic heterocycles. The Labute approximate surface area is 129 Å². The van der Waals surface area contributed by atoms with Crippen molar-refractivity contribution in [2.75, 3.05) is 31.2 Å². The first-order chi connectivity index (χ1) is 10.1. The van der Waals surface area contributed by atoms with E-state index in [-0.39, 0.29) is 5.91 Å². The van der Waals surface area contributed by atoms with Crippen molar-refractivity contribution in [3.63, 3.8) is 0 Å². The minimum absolute atomic E-state index is 0.130. The first kappa shape index (κ1) is 14.5. The summed E-state index contributed by atoms with van der Waals surface area (Å²) in [4.78, 5) is 12.5. The zero-order valence-electron chi connectivity index (χ0n) is 12.6. The minimum Gasteiger partial charge on any atom is -0.492 e. The van der Waals surface area contributed by atoms with Gasteiger partial charge in [0.05, 0.1) is 7.11 Å². The van der Waals surface area contributed by atoms with Gasteiger partial charge in [0.15, 0.2) is 5.75 Å². The highest BCUT2D eigenvalue weighted by Gasteiger charge is 2.53. The lowest BCUT2D eigenvalue weighted by molar-refractivity contribution is 0.0960. The number of methoxy groups -OCH3 is 1. The van der Waals surface area contributed by atoms with Crippen LogP contribution in [0.15, 0.2) is 0 Å². The molecule has 0 saturated heterocycles. The van der Waals surface area contributed by atoms with Gasteiger partial charge in [0.2, 0.25) is 0 Å². The Morgan fingerprint density at radius 2 is 2.19 bits per heavy atom. The number of carbonyl (C=O) groups is 1. The Balaban J connectivity index is 1.74. The van der Waals surface area contributed by atoms with Crippen molar-refractivity contribution in [2.45, 2.75) is 32.6 Å². The molecular weight excluding hydrogens is 286 g/mol. The number of hydrogen-bond acceptors (Lipinski definition) is 5. The zero-order chi connectivity index (χ0) is 15.0. The van der Waals surface area contributed by atoms with Crippen LogP contribution in [0.3, 0.4) is 0 Å². The number of rotatable bonds is 7. The van der Waals surface area contributed by atoms with Crippen LogP contribution in [0.4, 0.5) is 10.7 Å². The van der Waals surface area contributed by atoms with Gasteiger partial charge < -0.3 is 21.1 Å². The topological polar surface area (TPSA) is 76.4 Å². The van der Waals surface area contributed by atoms with Crippen LogP contribution in [-0.4, -0.2) is 26.1 Å². The molecule has 0 bridgehead atoms. The van der Waals surface area contributed by atoms with Gasteiger partial charge in [-0.05, 0) is 43.9 Å². The number of nitrogen functional groups attached to an aromatic ring is 1. The Kier molecular flexibility index (Phi) is 3.73. The van der Waals surface area contributed by atoms with Crippen molar-refractivity contribution < 1.29 is 9.53 Å². The maximum absolute atomic E-state index is 12.0. The van der Waals surface area contributed by atoms with Gasteiger partial charge in [0, 0.05) is 13.1 Å². The molecular formula is C15H23N3O2S. The fraction of sp³-hybridized carbons (Fsp3) is 0.667. The van der Waals surface area contributed by atoms with E-state index < -0.39 is 0 Å². The SMILES string of the molecule is CCNC(=O)c1sc(NCC2(C3CC3)CC2)c(OC)c1N. The summed E-state index contributed by atoms with van der Waals surface area (Å²) < 4.78 is 5.39. The molecule has 0 unspecified atom stereocenters. The molecule has 1 amide bonds. The predicted molar refractivity (Wildman–Crippen MR) is 86.2 cm³/mol. The molecule has 4 N–H and O–H groups in total. The molecule has 2 saturated carbocycles. The van der Waals surface area contributed by atoms with Crippen molar-refractivity contribution in [3.8, 4) is 5.75 Å². The van der Waals surface area contributed by atoms with Crippen molar-refractivity contribution in [1.29, 1.82) is 0 Å². The quantitative estimate of drug-likeness (QED) is 0.724. The lowest BCUT2D eigenvalue weighted by Crippen LogP contribution is -2.22. The summed E-state index contributed by atoms with van der Waals surface area (Å²) in [5.74, 6) is 1.37. The molecule has 0 spiro atoms. The van der Waals surface area contributed by atoms with Crippen LogP contribution in [0.25, 0.3) is 0 Å². The minimum atomic E-state index is -0.130. The lowest BCUT2D eigenvalue weighted by atomic mass is 10.0. The number of amides is 1. The van der Waals surface area contributed by atoms with E-state index in [0.717, 1.165) is 17.5 Å². The second kappa shape index (κ2) is 5.40. The molecule has 0 aliphatic heterocycles. The molecule has 1 heterocycles. The number of hydrogen-bond donors (Lipinski definition) is 3. The Hall–Kier alpha value is -1.43. The highest BCUT2D eigenvalue weighted by molar-refractivity contribution is 7.19. The zero-order valence-corrected chi connectivity index (χ0v) is 13.4. The van der Waals surface area contributed by atoms with Crippen LogP contribution in [0, 0.1) is 11.3 Å². The molecule has 116 valence electrons. The number of nitrogens with two attached hydrogens (primary N) is 1. The largest absolute Gasteiger partial charge is 0.492 e. The molecule has 2 aliphatic rings. The van der Waals surface area contributed by atoms with Crippen molar-refractivity contribution in [1.82, 2.24) is 5.32 Å². The molecule has 6 heteroatoms. The average molecular weight is 309 g/mol. The number of thiophene rings is 1. The van der Waals surface area contributed by atoms with Crippen molar-refractivity contribution in [2.24, 2.45) is 11.3 Å². The summed E-state index contributed by atoms with van der Waals surface area (Å²) in [7, 11) is 1.60. The van der Waals surface area contributed by atoms with E-state index in [1.807, 2.05) is 6.92 Å². The Morgan fingerprint density at radius 1 is 1.48 bits per heavy atom. The highest BCUT2D eigenvalue weighted by atomic mass is 32.1. The van der Waals surface area contributed by atoms with Crippen molar-refractivity contribution >= 4 is 27.9 Å². The van der Waals surface area contributed by atoms with Crippen LogP contribution in [0.5, 0.6) is 5.75 Å². The van der Waals surface area contributed by atoms with E-state index in [4.69, 9.17) is 10.5 Å². The van der Waals surface area contributed by atoms with E-state index in [9.17, 15) is 4.79 Å². The van der Waals surface area contributed by atoms with E-state index in [0.29, 0.717) is 28.3 Å². The third-order valence-corrected chi connectivity index (χ3v) is 5.73. The highest BCUT2D eigenvalue weighted by Crippen LogP contribution is 2.61. The molecule has 2 aliphatic carbocycles. The van der Waals surface area contributed by atoms with Gasteiger partial charge in [0.25, 0.3) is 5.91 Å².